The van der Waals surface area contributed by atoms with E-state index in [4.69, 9.17) is 17.0 Å². The van der Waals surface area contributed by atoms with Crippen molar-refractivity contribution >= 4 is 45.3 Å². The quantitative estimate of drug-likeness (QED) is 0.533. The fourth-order valence-electron chi connectivity index (χ4n) is 3.17. The van der Waals surface area contributed by atoms with E-state index in [0.717, 1.165) is 54.7 Å². The molecule has 2 aromatic rings. The predicted octanol–water partition coefficient (Wildman–Crippen LogP) is 5.28. The molecule has 0 fully saturated rings. The second-order valence-electron chi connectivity index (χ2n) is 6.32. The Labute approximate surface area is 165 Å². The molecular weight excluding hydrogens is 390 g/mol. The van der Waals surface area contributed by atoms with E-state index in [2.05, 4.69) is 10.6 Å². The van der Waals surface area contributed by atoms with Crippen molar-refractivity contribution in [3.8, 4) is 0 Å². The van der Waals surface area contributed by atoms with Crippen molar-refractivity contribution in [2.24, 2.45) is 0 Å². The monoisotopic (exact) mass is 410 g/mol. The number of carbonyl (C=O) groups excluding carboxylic acids is 1. The van der Waals surface area contributed by atoms with Crippen LogP contribution >= 0.6 is 23.6 Å². The standard InChI is InChI=1S/C19H20F2N2O2S2/c1-25-18(24)16-12-6-4-2-3-5-7-15(12)27-17(16)23-19(26)22-14-9-8-11(20)10-13(14)21/h8-10H,2-7H2,1H3,(H2,22,23,26). The Morgan fingerprint density at radius 1 is 1.15 bits per heavy atom. The zero-order valence-electron chi connectivity index (χ0n) is 14.9. The number of aryl methyl sites for hydroxylation is 1. The number of esters is 1. The summed E-state index contributed by atoms with van der Waals surface area (Å²) >= 11 is 6.74. The van der Waals surface area contributed by atoms with Crippen LogP contribution in [0.1, 0.15) is 46.5 Å². The van der Waals surface area contributed by atoms with E-state index in [1.165, 1.54) is 30.9 Å². The molecule has 1 aliphatic carbocycles. The average Bonchev–Trinajstić information content (AvgIpc) is 2.93. The smallest absolute Gasteiger partial charge is 0.341 e. The minimum atomic E-state index is -0.745. The Kier molecular flexibility index (Phi) is 6.38. The zero-order valence-corrected chi connectivity index (χ0v) is 16.5. The van der Waals surface area contributed by atoms with Gasteiger partial charge in [-0.2, -0.15) is 0 Å². The van der Waals surface area contributed by atoms with Crippen molar-refractivity contribution < 1.29 is 18.3 Å². The fourth-order valence-corrected chi connectivity index (χ4v) is 4.73. The number of thiocarbonyl (C=S) groups is 1. The van der Waals surface area contributed by atoms with E-state index in [1.54, 1.807) is 0 Å². The van der Waals surface area contributed by atoms with Crippen LogP contribution in [0.3, 0.4) is 0 Å². The lowest BCUT2D eigenvalue weighted by atomic mass is 9.96. The van der Waals surface area contributed by atoms with Crippen LogP contribution in [0.5, 0.6) is 0 Å². The highest BCUT2D eigenvalue weighted by molar-refractivity contribution is 7.80. The molecule has 0 spiro atoms. The summed E-state index contributed by atoms with van der Waals surface area (Å²) in [4.78, 5) is 13.5. The van der Waals surface area contributed by atoms with Crippen LogP contribution in [0.15, 0.2) is 18.2 Å². The number of carbonyl (C=O) groups is 1. The molecule has 0 saturated carbocycles. The molecule has 1 aromatic heterocycles. The Bertz CT molecular complexity index is 868. The van der Waals surface area contributed by atoms with Gasteiger partial charge in [-0.05, 0) is 55.6 Å². The Morgan fingerprint density at radius 2 is 1.89 bits per heavy atom. The van der Waals surface area contributed by atoms with Crippen LogP contribution in [-0.2, 0) is 17.6 Å². The van der Waals surface area contributed by atoms with E-state index in [-0.39, 0.29) is 10.8 Å². The molecule has 1 aliphatic rings. The molecule has 1 heterocycles. The first-order valence-corrected chi connectivity index (χ1v) is 9.98. The summed E-state index contributed by atoms with van der Waals surface area (Å²) < 4.78 is 31.8. The number of rotatable bonds is 3. The normalized spacial score (nSPS) is 13.9. The van der Waals surface area contributed by atoms with Gasteiger partial charge in [0.1, 0.15) is 16.6 Å². The summed E-state index contributed by atoms with van der Waals surface area (Å²) in [6.07, 6.45) is 6.16. The van der Waals surface area contributed by atoms with Crippen LogP contribution in [-0.4, -0.2) is 18.2 Å². The third-order valence-corrected chi connectivity index (χ3v) is 5.88. The van der Waals surface area contributed by atoms with Crippen LogP contribution in [0.2, 0.25) is 0 Å². The van der Waals surface area contributed by atoms with Crippen LogP contribution in [0.25, 0.3) is 0 Å². The van der Waals surface area contributed by atoms with Gasteiger partial charge in [-0.25, -0.2) is 13.6 Å². The van der Waals surface area contributed by atoms with Gasteiger partial charge < -0.3 is 15.4 Å². The number of thiophene rings is 1. The maximum atomic E-state index is 13.8. The first-order valence-electron chi connectivity index (χ1n) is 8.75. The number of benzene rings is 1. The Hall–Kier alpha value is -2.06. The summed E-state index contributed by atoms with van der Waals surface area (Å²) in [6.45, 7) is 0. The van der Waals surface area contributed by atoms with Gasteiger partial charge in [-0.3, -0.25) is 0 Å². The van der Waals surface area contributed by atoms with Gasteiger partial charge in [0, 0.05) is 10.9 Å². The molecule has 0 radical (unpaired) electrons. The van der Waals surface area contributed by atoms with Gasteiger partial charge in [0.05, 0.1) is 18.4 Å². The molecule has 3 rings (SSSR count). The van der Waals surface area contributed by atoms with E-state index in [1.807, 2.05) is 0 Å². The molecule has 4 nitrogen and oxygen atoms in total. The first kappa shape index (κ1) is 19.7. The summed E-state index contributed by atoms with van der Waals surface area (Å²) in [6, 6.07) is 3.19. The molecule has 8 heteroatoms. The molecule has 0 saturated heterocycles. The lowest BCUT2D eigenvalue weighted by Gasteiger charge is -2.12. The van der Waals surface area contributed by atoms with Crippen LogP contribution in [0, 0.1) is 11.6 Å². The fraction of sp³-hybridized carbons (Fsp3) is 0.368. The number of anilines is 2. The lowest BCUT2D eigenvalue weighted by molar-refractivity contribution is 0.0601. The minimum absolute atomic E-state index is 0.0587. The Morgan fingerprint density at radius 3 is 2.59 bits per heavy atom. The third kappa shape index (κ3) is 4.62. The molecule has 0 unspecified atom stereocenters. The average molecular weight is 411 g/mol. The van der Waals surface area contributed by atoms with Crippen LogP contribution in [0.4, 0.5) is 19.5 Å². The van der Waals surface area contributed by atoms with Gasteiger partial charge in [0.25, 0.3) is 0 Å². The van der Waals surface area contributed by atoms with Gasteiger partial charge in [0.2, 0.25) is 0 Å². The maximum Gasteiger partial charge on any atom is 0.341 e. The van der Waals surface area contributed by atoms with Gasteiger partial charge in [-0.1, -0.05) is 12.8 Å². The summed E-state index contributed by atoms with van der Waals surface area (Å²) in [7, 11) is 1.35. The van der Waals surface area contributed by atoms with Crippen molar-refractivity contribution in [1.82, 2.24) is 0 Å². The van der Waals surface area contributed by atoms with E-state index in [9.17, 15) is 13.6 Å². The summed E-state index contributed by atoms with van der Waals surface area (Å²) in [5.41, 5.74) is 1.58. The first-order chi connectivity index (χ1) is 13.0. The predicted molar refractivity (Wildman–Crippen MR) is 108 cm³/mol. The number of hydrogen-bond donors (Lipinski definition) is 2. The SMILES string of the molecule is COC(=O)c1c(NC(=S)Nc2ccc(F)cc2F)sc2c1CCCCCC2. The second kappa shape index (κ2) is 8.75. The summed E-state index contributed by atoms with van der Waals surface area (Å²) in [5, 5.41) is 6.42. The lowest BCUT2D eigenvalue weighted by Crippen LogP contribution is -2.21. The third-order valence-electron chi connectivity index (χ3n) is 4.47. The summed E-state index contributed by atoms with van der Waals surface area (Å²) in [5.74, 6) is -1.82. The molecule has 0 amide bonds. The highest BCUT2D eigenvalue weighted by atomic mass is 32.1. The molecule has 1 aromatic carbocycles. The highest BCUT2D eigenvalue weighted by Crippen LogP contribution is 2.37. The molecular formula is C19H20F2N2O2S2. The molecule has 0 aliphatic heterocycles. The maximum absolute atomic E-state index is 13.8. The van der Waals surface area contributed by atoms with Gasteiger partial charge in [0.15, 0.2) is 5.11 Å². The van der Waals surface area contributed by atoms with Gasteiger partial charge >= 0.3 is 5.97 Å². The van der Waals surface area contributed by atoms with Crippen molar-refractivity contribution in [1.29, 1.82) is 0 Å². The number of fused-ring (bicyclic) bond motifs is 1. The van der Waals surface area contributed by atoms with Crippen molar-refractivity contribution in [2.75, 3.05) is 17.7 Å². The number of nitrogens with one attached hydrogen (secondary N) is 2. The number of halogens is 2. The zero-order chi connectivity index (χ0) is 19.4. The molecule has 0 atom stereocenters. The van der Waals surface area contributed by atoms with Crippen molar-refractivity contribution in [3.05, 3.63) is 45.8 Å². The Balaban J connectivity index is 1.85. The topological polar surface area (TPSA) is 50.4 Å². The largest absolute Gasteiger partial charge is 0.465 e. The molecule has 0 bridgehead atoms. The molecule has 2 N–H and O–H groups in total. The van der Waals surface area contributed by atoms with Crippen LogP contribution < -0.4 is 10.6 Å². The number of ether oxygens (including phenoxy) is 1. The van der Waals surface area contributed by atoms with E-state index < -0.39 is 17.6 Å². The van der Waals surface area contributed by atoms with E-state index in [0.29, 0.717) is 10.6 Å². The minimum Gasteiger partial charge on any atom is -0.465 e. The highest BCUT2D eigenvalue weighted by Gasteiger charge is 2.25. The molecule has 144 valence electrons. The number of hydrogen-bond acceptors (Lipinski definition) is 4. The van der Waals surface area contributed by atoms with E-state index >= 15 is 0 Å². The van der Waals surface area contributed by atoms with Gasteiger partial charge in [-0.15, -0.1) is 11.3 Å². The second-order valence-corrected chi connectivity index (χ2v) is 7.83. The van der Waals surface area contributed by atoms with Crippen molar-refractivity contribution in [3.63, 3.8) is 0 Å². The van der Waals surface area contributed by atoms with Crippen molar-refractivity contribution in [2.45, 2.75) is 38.5 Å². The number of methoxy groups -OCH3 is 1. The molecule has 27 heavy (non-hydrogen) atoms.